The van der Waals surface area contributed by atoms with Crippen molar-refractivity contribution in [3.05, 3.63) is 11.6 Å². The lowest BCUT2D eigenvalue weighted by Crippen LogP contribution is -2.35. The molecule has 0 spiro atoms. The molecule has 0 atom stereocenters. The number of esters is 1. The van der Waals surface area contributed by atoms with Gasteiger partial charge in [-0.3, -0.25) is 0 Å². The maximum atomic E-state index is 11.8. The highest BCUT2D eigenvalue weighted by atomic mass is 16.5. The van der Waals surface area contributed by atoms with Crippen LogP contribution in [0, 0.1) is 10.8 Å². The Labute approximate surface area is 142 Å². The first kappa shape index (κ1) is 23.0. The molecule has 142 valence electrons. The van der Waals surface area contributed by atoms with Crippen molar-refractivity contribution in [3.63, 3.8) is 0 Å². The van der Waals surface area contributed by atoms with E-state index in [0.29, 0.717) is 18.4 Å². The van der Waals surface area contributed by atoms with Crippen LogP contribution in [0.1, 0.15) is 26.2 Å². The minimum atomic E-state index is -1.08. The molecule has 24 heavy (non-hydrogen) atoms. The molecule has 0 aromatic heterocycles. The number of hydrogen-bond acceptors (Lipinski definition) is 8. The maximum Gasteiger partial charge on any atom is 0.333 e. The van der Waals surface area contributed by atoms with Gasteiger partial charge in [0.25, 0.3) is 0 Å². The molecule has 8 nitrogen and oxygen atoms in total. The molecule has 0 aliphatic rings. The number of carbonyl (C=O) groups excluding carboxylic acids is 1. The molecule has 0 saturated carbocycles. The third-order valence-corrected chi connectivity index (χ3v) is 4.33. The van der Waals surface area contributed by atoms with Gasteiger partial charge in [-0.2, -0.15) is 0 Å². The zero-order valence-corrected chi connectivity index (χ0v) is 14.1. The lowest BCUT2D eigenvalue weighted by Gasteiger charge is -2.27. The maximum absolute atomic E-state index is 11.8. The quantitative estimate of drug-likeness (QED) is 0.175. The zero-order valence-electron chi connectivity index (χ0n) is 14.1. The number of aliphatic hydroxyl groups excluding tert-OH is 6. The summed E-state index contributed by atoms with van der Waals surface area (Å²) in [5.74, 6) is -0.569. The SMILES string of the molecule is CC(=CCCC(CO)(CO)CO)C(=O)OCCC(CO)(CO)CO. The molecule has 0 aromatic carbocycles. The number of rotatable bonds is 13. The van der Waals surface area contributed by atoms with Crippen LogP contribution in [-0.4, -0.2) is 82.9 Å². The normalized spacial score (nSPS) is 13.2. The van der Waals surface area contributed by atoms with E-state index in [1.165, 1.54) is 0 Å². The van der Waals surface area contributed by atoms with Crippen molar-refractivity contribution in [2.24, 2.45) is 10.8 Å². The molecule has 0 aliphatic carbocycles. The molecule has 0 heterocycles. The minimum absolute atomic E-state index is 0.0560. The van der Waals surface area contributed by atoms with E-state index in [2.05, 4.69) is 0 Å². The lowest BCUT2D eigenvalue weighted by atomic mass is 9.85. The summed E-state index contributed by atoms with van der Waals surface area (Å²) in [7, 11) is 0. The summed E-state index contributed by atoms with van der Waals surface area (Å²) >= 11 is 0. The average Bonchev–Trinajstić information content (AvgIpc) is 2.63. The van der Waals surface area contributed by atoms with Crippen LogP contribution < -0.4 is 0 Å². The Balaban J connectivity index is 4.41. The molecule has 6 N–H and O–H groups in total. The standard InChI is InChI=1S/C16H30O8/c1-13(3-2-4-15(7-17,8-18)9-19)14(23)24-6-5-16(10-20,11-21)12-22/h3,17-22H,2,4-12H2,1H3. The lowest BCUT2D eigenvalue weighted by molar-refractivity contribution is -0.140. The molecule has 8 heteroatoms. The highest BCUT2D eigenvalue weighted by molar-refractivity contribution is 5.87. The number of carbonyl (C=O) groups is 1. The molecule has 0 unspecified atom stereocenters. The van der Waals surface area contributed by atoms with Gasteiger partial charge >= 0.3 is 5.97 Å². The Morgan fingerprint density at radius 1 is 0.833 bits per heavy atom. The Kier molecular flexibility index (Phi) is 11.0. The summed E-state index contributed by atoms with van der Waals surface area (Å²) in [4.78, 5) is 11.8. The van der Waals surface area contributed by atoms with Crippen LogP contribution in [0.15, 0.2) is 11.6 Å². The van der Waals surface area contributed by atoms with E-state index in [9.17, 15) is 35.4 Å². The third kappa shape index (κ3) is 6.84. The summed E-state index contributed by atoms with van der Waals surface area (Å²) in [5, 5.41) is 55.2. The fourth-order valence-corrected chi connectivity index (χ4v) is 1.93. The molecule has 0 aliphatic heterocycles. The van der Waals surface area contributed by atoms with Crippen LogP contribution in [0.2, 0.25) is 0 Å². The first-order valence-electron chi connectivity index (χ1n) is 7.87. The fraction of sp³-hybridized carbons (Fsp3) is 0.812. The van der Waals surface area contributed by atoms with Gasteiger partial charge in [-0.05, 0) is 26.2 Å². The van der Waals surface area contributed by atoms with E-state index in [1.807, 2.05) is 0 Å². The Hall–Kier alpha value is -1.03. The largest absolute Gasteiger partial charge is 0.462 e. The monoisotopic (exact) mass is 350 g/mol. The van der Waals surface area contributed by atoms with E-state index in [-0.39, 0.29) is 32.8 Å². The van der Waals surface area contributed by atoms with Gasteiger partial charge in [-0.25, -0.2) is 4.79 Å². The van der Waals surface area contributed by atoms with E-state index < -0.39 is 36.6 Å². The van der Waals surface area contributed by atoms with Crippen molar-refractivity contribution in [2.45, 2.75) is 26.2 Å². The molecule has 0 fully saturated rings. The van der Waals surface area contributed by atoms with Crippen molar-refractivity contribution >= 4 is 5.97 Å². The smallest absolute Gasteiger partial charge is 0.333 e. The van der Waals surface area contributed by atoms with Gasteiger partial charge in [0.2, 0.25) is 0 Å². The van der Waals surface area contributed by atoms with Crippen LogP contribution in [0.4, 0.5) is 0 Å². The molecule has 0 bridgehead atoms. The second-order valence-corrected chi connectivity index (χ2v) is 6.26. The van der Waals surface area contributed by atoms with Gasteiger partial charge in [0.05, 0.1) is 46.2 Å². The van der Waals surface area contributed by atoms with Crippen molar-refractivity contribution in [2.75, 3.05) is 46.2 Å². The van der Waals surface area contributed by atoms with Crippen LogP contribution in [-0.2, 0) is 9.53 Å². The predicted molar refractivity (Wildman–Crippen MR) is 85.9 cm³/mol. The molecule has 0 radical (unpaired) electrons. The second kappa shape index (κ2) is 11.5. The molecule has 0 aromatic rings. The van der Waals surface area contributed by atoms with Crippen LogP contribution in [0.3, 0.4) is 0 Å². The first-order valence-corrected chi connectivity index (χ1v) is 7.87. The molecule has 0 rings (SSSR count). The van der Waals surface area contributed by atoms with Crippen LogP contribution >= 0.6 is 0 Å². The van der Waals surface area contributed by atoms with E-state index in [1.54, 1.807) is 13.0 Å². The average molecular weight is 350 g/mol. The Bertz CT molecular complexity index is 369. The number of ether oxygens (including phenoxy) is 1. The highest BCUT2D eigenvalue weighted by Gasteiger charge is 2.29. The van der Waals surface area contributed by atoms with E-state index >= 15 is 0 Å². The molecule has 0 amide bonds. The third-order valence-electron chi connectivity index (χ3n) is 4.33. The molecular formula is C16H30O8. The van der Waals surface area contributed by atoms with Gasteiger partial charge < -0.3 is 35.4 Å². The van der Waals surface area contributed by atoms with E-state index in [4.69, 9.17) is 4.74 Å². The summed E-state index contributed by atoms with van der Waals surface area (Å²) < 4.78 is 5.04. The predicted octanol–water partition coefficient (Wildman–Crippen LogP) is -1.43. The number of allylic oxidation sites excluding steroid dienone is 1. The van der Waals surface area contributed by atoms with Gasteiger partial charge in [-0.15, -0.1) is 0 Å². The second-order valence-electron chi connectivity index (χ2n) is 6.26. The Morgan fingerprint density at radius 3 is 1.67 bits per heavy atom. The highest BCUT2D eigenvalue weighted by Crippen LogP contribution is 2.23. The van der Waals surface area contributed by atoms with Gasteiger partial charge in [0.15, 0.2) is 0 Å². The number of hydrogen-bond donors (Lipinski definition) is 6. The van der Waals surface area contributed by atoms with Crippen molar-refractivity contribution in [1.29, 1.82) is 0 Å². The summed E-state index contributed by atoms with van der Waals surface area (Å²) in [5.41, 5.74) is -1.73. The van der Waals surface area contributed by atoms with Crippen molar-refractivity contribution in [1.82, 2.24) is 0 Å². The first-order chi connectivity index (χ1) is 11.4. The van der Waals surface area contributed by atoms with Crippen molar-refractivity contribution in [3.8, 4) is 0 Å². The summed E-state index contributed by atoms with van der Waals surface area (Å²) in [6, 6.07) is 0. The van der Waals surface area contributed by atoms with Crippen LogP contribution in [0.25, 0.3) is 0 Å². The van der Waals surface area contributed by atoms with Crippen LogP contribution in [0.5, 0.6) is 0 Å². The van der Waals surface area contributed by atoms with E-state index in [0.717, 1.165) is 0 Å². The van der Waals surface area contributed by atoms with Crippen molar-refractivity contribution < 1.29 is 40.2 Å². The summed E-state index contributed by atoms with van der Waals surface area (Å²) in [6.07, 6.45) is 2.40. The van der Waals surface area contributed by atoms with Gasteiger partial charge in [0.1, 0.15) is 0 Å². The number of aliphatic hydroxyl groups is 6. The minimum Gasteiger partial charge on any atom is -0.462 e. The zero-order chi connectivity index (χ0) is 18.6. The summed E-state index contributed by atoms with van der Waals surface area (Å²) in [6.45, 7) is -0.833. The van der Waals surface area contributed by atoms with Gasteiger partial charge in [-0.1, -0.05) is 6.08 Å². The van der Waals surface area contributed by atoms with Gasteiger partial charge in [0, 0.05) is 16.4 Å². The molecule has 0 saturated heterocycles. The molecular weight excluding hydrogens is 320 g/mol. The fourth-order valence-electron chi connectivity index (χ4n) is 1.93. The topological polar surface area (TPSA) is 148 Å². The Morgan fingerprint density at radius 2 is 1.25 bits per heavy atom.